The van der Waals surface area contributed by atoms with Crippen molar-refractivity contribution in [2.24, 2.45) is 0 Å². The summed E-state index contributed by atoms with van der Waals surface area (Å²) in [5.41, 5.74) is 0.494. The number of hydrogen-bond acceptors (Lipinski definition) is 4. The number of carbonyl (C=O) groups is 2. The van der Waals surface area contributed by atoms with Crippen LogP contribution in [0.25, 0.3) is 0 Å². The molecule has 0 aliphatic carbocycles. The molecule has 1 rings (SSSR count). The molecule has 0 bridgehead atoms. The van der Waals surface area contributed by atoms with Gasteiger partial charge in [-0.05, 0) is 18.6 Å². The van der Waals surface area contributed by atoms with E-state index in [1.807, 2.05) is 19.1 Å². The van der Waals surface area contributed by atoms with Crippen LogP contribution in [0.2, 0.25) is 0 Å². The van der Waals surface area contributed by atoms with Crippen LogP contribution in [-0.4, -0.2) is 31.3 Å². The molecule has 4 nitrogen and oxygen atoms in total. The zero-order valence-corrected chi connectivity index (χ0v) is 11.4. The lowest BCUT2D eigenvalue weighted by Gasteiger charge is -2.07. The smallest absolute Gasteiger partial charge is 0.338 e. The van der Waals surface area contributed by atoms with Gasteiger partial charge in [-0.1, -0.05) is 19.1 Å². The van der Waals surface area contributed by atoms with E-state index in [4.69, 9.17) is 4.74 Å². The van der Waals surface area contributed by atoms with Crippen molar-refractivity contribution in [1.82, 2.24) is 5.32 Å². The first-order valence-electron chi connectivity index (χ1n) is 5.75. The summed E-state index contributed by atoms with van der Waals surface area (Å²) in [4.78, 5) is 23.8. The van der Waals surface area contributed by atoms with Gasteiger partial charge in [-0.3, -0.25) is 4.79 Å². The zero-order chi connectivity index (χ0) is 13.4. The van der Waals surface area contributed by atoms with Crippen LogP contribution in [0.5, 0.6) is 0 Å². The van der Waals surface area contributed by atoms with E-state index in [9.17, 15) is 9.59 Å². The number of amides is 1. The highest BCUT2D eigenvalue weighted by atomic mass is 32.2. The molecule has 0 atom stereocenters. The first kappa shape index (κ1) is 14.6. The fourth-order valence-electron chi connectivity index (χ4n) is 1.33. The second-order valence-electron chi connectivity index (χ2n) is 3.63. The van der Waals surface area contributed by atoms with Crippen molar-refractivity contribution in [3.63, 3.8) is 0 Å². The van der Waals surface area contributed by atoms with Crippen molar-refractivity contribution in [3.05, 3.63) is 29.8 Å². The maximum absolute atomic E-state index is 11.5. The summed E-state index contributed by atoms with van der Waals surface area (Å²) < 4.78 is 4.70. The number of hydrogen-bond donors (Lipinski definition) is 1. The average Bonchev–Trinajstić information content (AvgIpc) is 2.42. The Morgan fingerprint density at radius 2 is 2.06 bits per heavy atom. The van der Waals surface area contributed by atoms with Crippen molar-refractivity contribution in [2.75, 3.05) is 19.4 Å². The summed E-state index contributed by atoms with van der Waals surface area (Å²) >= 11 is 1.34. The minimum absolute atomic E-state index is 0.0264. The largest absolute Gasteiger partial charge is 0.465 e. The van der Waals surface area contributed by atoms with Gasteiger partial charge in [0, 0.05) is 11.4 Å². The monoisotopic (exact) mass is 267 g/mol. The second-order valence-corrected chi connectivity index (χ2v) is 4.64. The SMILES string of the molecule is CCCNC(=O)CSc1ccccc1C(=O)OC. The van der Waals surface area contributed by atoms with Crippen molar-refractivity contribution in [1.29, 1.82) is 0 Å². The molecule has 0 heterocycles. The first-order chi connectivity index (χ1) is 8.69. The van der Waals surface area contributed by atoms with Crippen LogP contribution < -0.4 is 5.32 Å². The van der Waals surface area contributed by atoms with Crippen LogP contribution in [0, 0.1) is 0 Å². The number of ether oxygens (including phenoxy) is 1. The van der Waals surface area contributed by atoms with E-state index in [1.54, 1.807) is 12.1 Å². The van der Waals surface area contributed by atoms with Crippen molar-refractivity contribution < 1.29 is 14.3 Å². The maximum Gasteiger partial charge on any atom is 0.338 e. The Bertz CT molecular complexity index is 420. The topological polar surface area (TPSA) is 55.4 Å². The van der Waals surface area contributed by atoms with Crippen molar-refractivity contribution in [2.45, 2.75) is 18.2 Å². The van der Waals surface area contributed by atoms with Crippen molar-refractivity contribution >= 4 is 23.6 Å². The Morgan fingerprint density at radius 1 is 1.33 bits per heavy atom. The van der Waals surface area contributed by atoms with Gasteiger partial charge in [-0.2, -0.15) is 0 Å². The first-order valence-corrected chi connectivity index (χ1v) is 6.74. The van der Waals surface area contributed by atoms with E-state index < -0.39 is 0 Å². The molecule has 5 heteroatoms. The lowest BCUT2D eigenvalue weighted by Crippen LogP contribution is -2.25. The van der Waals surface area contributed by atoms with Crippen LogP contribution in [0.3, 0.4) is 0 Å². The molecule has 1 aromatic rings. The minimum atomic E-state index is -0.382. The normalized spacial score (nSPS) is 9.89. The Balaban J connectivity index is 2.61. The maximum atomic E-state index is 11.5. The third kappa shape index (κ3) is 4.41. The number of rotatable bonds is 6. The predicted molar refractivity (Wildman–Crippen MR) is 71.8 cm³/mol. The van der Waals surface area contributed by atoms with Gasteiger partial charge in [0.15, 0.2) is 0 Å². The van der Waals surface area contributed by atoms with Crippen LogP contribution in [-0.2, 0) is 9.53 Å². The Morgan fingerprint density at radius 3 is 2.72 bits per heavy atom. The molecule has 18 heavy (non-hydrogen) atoms. The Labute approximate surface area is 111 Å². The number of nitrogens with one attached hydrogen (secondary N) is 1. The summed E-state index contributed by atoms with van der Waals surface area (Å²) in [5.74, 6) is -0.109. The van der Waals surface area contributed by atoms with Gasteiger partial charge in [-0.25, -0.2) is 4.79 Å². The minimum Gasteiger partial charge on any atom is -0.465 e. The molecule has 0 unspecified atom stereocenters. The number of benzene rings is 1. The molecule has 0 aromatic heterocycles. The lowest BCUT2D eigenvalue weighted by atomic mass is 10.2. The van der Waals surface area contributed by atoms with Crippen LogP contribution in [0.4, 0.5) is 0 Å². The summed E-state index contributed by atoms with van der Waals surface area (Å²) in [5, 5.41) is 2.79. The molecule has 0 saturated heterocycles. The van der Waals surface area contributed by atoms with E-state index in [-0.39, 0.29) is 11.9 Å². The quantitative estimate of drug-likeness (QED) is 0.633. The van der Waals surface area contributed by atoms with Gasteiger partial charge in [0.25, 0.3) is 0 Å². The average molecular weight is 267 g/mol. The molecule has 0 radical (unpaired) electrons. The summed E-state index contributed by atoms with van der Waals surface area (Å²) in [6.45, 7) is 2.68. The summed E-state index contributed by atoms with van der Waals surface area (Å²) in [7, 11) is 1.34. The molecule has 0 saturated carbocycles. The van der Waals surface area contributed by atoms with Gasteiger partial charge >= 0.3 is 5.97 Å². The number of methoxy groups -OCH3 is 1. The molecular formula is C13H17NO3S. The molecule has 0 fully saturated rings. The molecule has 1 N–H and O–H groups in total. The number of thioether (sulfide) groups is 1. The third-order valence-electron chi connectivity index (χ3n) is 2.22. The van der Waals surface area contributed by atoms with Gasteiger partial charge in [0.05, 0.1) is 18.4 Å². The van der Waals surface area contributed by atoms with Gasteiger partial charge in [0.1, 0.15) is 0 Å². The highest BCUT2D eigenvalue weighted by Gasteiger charge is 2.12. The summed E-state index contributed by atoms with van der Waals surface area (Å²) in [6, 6.07) is 7.11. The van der Waals surface area contributed by atoms with Crippen LogP contribution >= 0.6 is 11.8 Å². The molecule has 0 aliphatic heterocycles. The van der Waals surface area contributed by atoms with Gasteiger partial charge in [0.2, 0.25) is 5.91 Å². The van der Waals surface area contributed by atoms with E-state index in [0.717, 1.165) is 11.3 Å². The van der Waals surface area contributed by atoms with Crippen LogP contribution in [0.1, 0.15) is 23.7 Å². The molecular weight excluding hydrogens is 250 g/mol. The molecule has 0 spiro atoms. The van der Waals surface area contributed by atoms with E-state index in [2.05, 4.69) is 5.32 Å². The molecule has 98 valence electrons. The third-order valence-corrected chi connectivity index (χ3v) is 3.30. The van der Waals surface area contributed by atoms with E-state index >= 15 is 0 Å². The predicted octanol–water partition coefficient (Wildman–Crippen LogP) is 2.09. The fraction of sp³-hybridized carbons (Fsp3) is 0.385. The lowest BCUT2D eigenvalue weighted by molar-refractivity contribution is -0.118. The van der Waals surface area contributed by atoms with Gasteiger partial charge < -0.3 is 10.1 Å². The van der Waals surface area contributed by atoms with Crippen LogP contribution in [0.15, 0.2) is 29.2 Å². The van der Waals surface area contributed by atoms with E-state index in [0.29, 0.717) is 17.9 Å². The Kier molecular flexibility index (Phi) is 6.28. The second kappa shape index (κ2) is 7.76. The molecule has 0 aliphatic rings. The number of esters is 1. The zero-order valence-electron chi connectivity index (χ0n) is 10.6. The highest BCUT2D eigenvalue weighted by molar-refractivity contribution is 8.00. The van der Waals surface area contributed by atoms with Gasteiger partial charge in [-0.15, -0.1) is 11.8 Å². The van der Waals surface area contributed by atoms with Crippen molar-refractivity contribution in [3.8, 4) is 0 Å². The standard InChI is InChI=1S/C13H17NO3S/c1-3-8-14-12(15)9-18-11-7-5-4-6-10(11)13(16)17-2/h4-7H,3,8-9H2,1-2H3,(H,14,15). The molecule has 1 amide bonds. The Hall–Kier alpha value is -1.49. The van der Waals surface area contributed by atoms with E-state index in [1.165, 1.54) is 18.9 Å². The highest BCUT2D eigenvalue weighted by Crippen LogP contribution is 2.22. The summed E-state index contributed by atoms with van der Waals surface area (Å²) in [6.07, 6.45) is 0.912. The fourth-order valence-corrected chi connectivity index (χ4v) is 2.20. The molecule has 1 aromatic carbocycles. The number of carbonyl (C=O) groups excluding carboxylic acids is 2.